The second kappa shape index (κ2) is 9.32. The quantitative estimate of drug-likeness (QED) is 0.738. The Morgan fingerprint density at radius 3 is 2.52 bits per heavy atom. The highest BCUT2D eigenvalue weighted by Gasteiger charge is 2.32. The maximum Gasteiger partial charge on any atom is 0.259 e. The van der Waals surface area contributed by atoms with Gasteiger partial charge in [-0.2, -0.15) is 0 Å². The summed E-state index contributed by atoms with van der Waals surface area (Å²) >= 11 is 3.03. The third-order valence-corrected chi connectivity index (χ3v) is 8.72. The minimum Gasteiger partial charge on any atom is -0.342 e. The van der Waals surface area contributed by atoms with E-state index in [2.05, 4.69) is 9.97 Å². The average Bonchev–Trinajstić information content (AvgIpc) is 3.40. The Bertz CT molecular complexity index is 1030. The molecule has 2 saturated heterocycles. The van der Waals surface area contributed by atoms with Crippen molar-refractivity contribution in [1.82, 2.24) is 19.8 Å². The normalized spacial score (nSPS) is 18.7. The largest absolute Gasteiger partial charge is 0.342 e. The number of likely N-dealkylation sites (tertiary alicyclic amines) is 2. The molecule has 168 valence electrons. The summed E-state index contributed by atoms with van der Waals surface area (Å²) in [5.74, 6) is 1.53. The zero-order valence-corrected chi connectivity index (χ0v) is 20.0. The van der Waals surface area contributed by atoms with Crippen molar-refractivity contribution in [2.75, 3.05) is 26.2 Å². The molecule has 2 amide bonds. The van der Waals surface area contributed by atoms with Crippen LogP contribution in [0, 0.1) is 19.8 Å². The Morgan fingerprint density at radius 2 is 1.84 bits per heavy atom. The van der Waals surface area contributed by atoms with Gasteiger partial charge < -0.3 is 14.8 Å². The van der Waals surface area contributed by atoms with Crippen molar-refractivity contribution in [3.8, 4) is 0 Å². The number of nitrogens with one attached hydrogen (secondary N) is 1. The lowest BCUT2D eigenvalue weighted by Crippen LogP contribution is -2.45. The van der Waals surface area contributed by atoms with Gasteiger partial charge in [0, 0.05) is 37.0 Å². The number of H-pyrrole nitrogens is 1. The summed E-state index contributed by atoms with van der Waals surface area (Å²) in [4.78, 5) is 51.2. The first-order chi connectivity index (χ1) is 14.8. The Morgan fingerprint density at radius 1 is 1.16 bits per heavy atom. The molecule has 0 radical (unpaired) electrons. The maximum absolute atomic E-state index is 12.9. The van der Waals surface area contributed by atoms with Gasteiger partial charge in [0.2, 0.25) is 11.8 Å². The van der Waals surface area contributed by atoms with Crippen molar-refractivity contribution in [3.05, 3.63) is 26.6 Å². The number of hydrogen-bond donors (Lipinski definition) is 1. The van der Waals surface area contributed by atoms with Gasteiger partial charge in [0.1, 0.15) is 10.7 Å². The van der Waals surface area contributed by atoms with Crippen molar-refractivity contribution in [2.45, 2.75) is 57.5 Å². The maximum atomic E-state index is 12.9. The van der Waals surface area contributed by atoms with E-state index < -0.39 is 0 Å². The standard InChI is InChI=1S/C22H30N4O3S2/c1-13-14(2)31-20-18(13)19(27)23-17(24-20)12-30-15(3)21(28)26-10-6-16(7-11-26)22(29)25-8-4-5-9-25/h15-16H,4-12H2,1-3H3,(H,23,24,27). The molecule has 4 heterocycles. The van der Waals surface area contributed by atoms with Gasteiger partial charge in [0.05, 0.1) is 16.4 Å². The molecular formula is C22H30N4O3S2. The molecule has 0 aromatic carbocycles. The number of rotatable bonds is 5. The third kappa shape index (κ3) is 4.67. The molecule has 9 heteroatoms. The minimum absolute atomic E-state index is 0.0591. The van der Waals surface area contributed by atoms with Crippen LogP contribution in [0.2, 0.25) is 0 Å². The number of nitrogens with zero attached hydrogens (tertiary/aromatic N) is 3. The van der Waals surface area contributed by atoms with Crippen molar-refractivity contribution in [3.63, 3.8) is 0 Å². The first-order valence-electron chi connectivity index (χ1n) is 11.0. The summed E-state index contributed by atoms with van der Waals surface area (Å²) in [6.45, 7) is 8.91. The van der Waals surface area contributed by atoms with Crippen LogP contribution in [0.3, 0.4) is 0 Å². The zero-order chi connectivity index (χ0) is 22.1. The number of thiophene rings is 1. The molecule has 2 aromatic heterocycles. The van der Waals surface area contributed by atoms with Gasteiger partial charge in [-0.05, 0) is 52.0 Å². The van der Waals surface area contributed by atoms with Gasteiger partial charge in [-0.1, -0.05) is 0 Å². The van der Waals surface area contributed by atoms with Crippen LogP contribution < -0.4 is 5.56 Å². The molecule has 4 rings (SSSR count). The van der Waals surface area contributed by atoms with Crippen LogP contribution in [0.5, 0.6) is 0 Å². The molecule has 1 N–H and O–H groups in total. The lowest BCUT2D eigenvalue weighted by Gasteiger charge is -2.34. The lowest BCUT2D eigenvalue weighted by molar-refractivity contribution is -0.139. The number of aryl methyl sites for hydroxylation is 2. The topological polar surface area (TPSA) is 86.4 Å². The Balaban J connectivity index is 1.30. The molecule has 7 nitrogen and oxygen atoms in total. The van der Waals surface area contributed by atoms with Crippen LogP contribution in [-0.4, -0.2) is 63.0 Å². The number of piperidine rings is 1. The molecule has 2 fully saturated rings. The van der Waals surface area contributed by atoms with Crippen LogP contribution >= 0.6 is 23.1 Å². The number of aromatic nitrogens is 2. The van der Waals surface area contributed by atoms with E-state index in [-0.39, 0.29) is 28.5 Å². The zero-order valence-electron chi connectivity index (χ0n) is 18.4. The van der Waals surface area contributed by atoms with E-state index in [1.165, 1.54) is 23.1 Å². The molecule has 1 atom stereocenters. The first-order valence-corrected chi connectivity index (χ1v) is 12.9. The Hall–Kier alpha value is -1.87. The van der Waals surface area contributed by atoms with Crippen LogP contribution in [-0.2, 0) is 15.3 Å². The van der Waals surface area contributed by atoms with E-state index in [0.717, 1.165) is 54.0 Å². The fourth-order valence-corrected chi connectivity index (χ4v) is 6.33. The Kier molecular flexibility index (Phi) is 6.71. The molecule has 31 heavy (non-hydrogen) atoms. The molecule has 2 aliphatic heterocycles. The molecule has 2 aliphatic rings. The Labute approximate surface area is 190 Å². The minimum atomic E-state index is -0.223. The van der Waals surface area contributed by atoms with Gasteiger partial charge in [-0.3, -0.25) is 14.4 Å². The van der Waals surface area contributed by atoms with Crippen molar-refractivity contribution >= 4 is 45.1 Å². The summed E-state index contributed by atoms with van der Waals surface area (Å²) in [5, 5.41) is 0.449. The summed E-state index contributed by atoms with van der Waals surface area (Å²) in [5.41, 5.74) is 0.884. The first kappa shape index (κ1) is 22.3. The molecule has 0 spiro atoms. The lowest BCUT2D eigenvalue weighted by atomic mass is 9.95. The van der Waals surface area contributed by atoms with Crippen molar-refractivity contribution < 1.29 is 9.59 Å². The third-order valence-electron chi connectivity index (χ3n) is 6.48. The van der Waals surface area contributed by atoms with E-state index in [9.17, 15) is 14.4 Å². The van der Waals surface area contributed by atoms with E-state index in [4.69, 9.17) is 0 Å². The molecular weight excluding hydrogens is 432 g/mol. The number of carbonyl (C=O) groups excluding carboxylic acids is 2. The number of aromatic amines is 1. The van der Waals surface area contributed by atoms with Crippen LogP contribution in [0.25, 0.3) is 10.2 Å². The van der Waals surface area contributed by atoms with Crippen LogP contribution in [0.15, 0.2) is 4.79 Å². The SMILES string of the molecule is Cc1sc2nc(CSC(C)C(=O)N3CCC(C(=O)N4CCCC4)CC3)[nH]c(=O)c2c1C. The van der Waals surface area contributed by atoms with E-state index in [1.807, 2.05) is 30.6 Å². The summed E-state index contributed by atoms with van der Waals surface area (Å²) in [7, 11) is 0. The van der Waals surface area contributed by atoms with Gasteiger partial charge in [0.15, 0.2) is 0 Å². The van der Waals surface area contributed by atoms with Gasteiger partial charge >= 0.3 is 0 Å². The highest BCUT2D eigenvalue weighted by Crippen LogP contribution is 2.27. The molecule has 1 unspecified atom stereocenters. The number of hydrogen-bond acceptors (Lipinski definition) is 6. The van der Waals surface area contributed by atoms with E-state index in [0.29, 0.717) is 30.1 Å². The summed E-state index contributed by atoms with van der Waals surface area (Å²) < 4.78 is 0. The van der Waals surface area contributed by atoms with Gasteiger partial charge in [-0.15, -0.1) is 23.1 Å². The van der Waals surface area contributed by atoms with Gasteiger partial charge in [-0.25, -0.2) is 4.98 Å². The summed E-state index contributed by atoms with van der Waals surface area (Å²) in [6.07, 6.45) is 3.72. The molecule has 0 bridgehead atoms. The fourth-order valence-electron chi connectivity index (χ4n) is 4.44. The van der Waals surface area contributed by atoms with E-state index >= 15 is 0 Å². The number of amides is 2. The smallest absolute Gasteiger partial charge is 0.259 e. The number of thioether (sulfide) groups is 1. The monoisotopic (exact) mass is 462 g/mol. The number of carbonyl (C=O) groups is 2. The molecule has 0 aliphatic carbocycles. The van der Waals surface area contributed by atoms with Gasteiger partial charge in [0.25, 0.3) is 5.56 Å². The average molecular weight is 463 g/mol. The highest BCUT2D eigenvalue weighted by molar-refractivity contribution is 7.99. The van der Waals surface area contributed by atoms with Crippen molar-refractivity contribution in [2.24, 2.45) is 5.92 Å². The second-order valence-corrected chi connectivity index (χ2v) is 11.1. The highest BCUT2D eigenvalue weighted by atomic mass is 32.2. The predicted molar refractivity (Wildman–Crippen MR) is 126 cm³/mol. The number of fused-ring (bicyclic) bond motifs is 1. The molecule has 0 saturated carbocycles. The fraction of sp³-hybridized carbons (Fsp3) is 0.636. The predicted octanol–water partition coefficient (Wildman–Crippen LogP) is 3.08. The van der Waals surface area contributed by atoms with Crippen molar-refractivity contribution in [1.29, 1.82) is 0 Å². The second-order valence-electron chi connectivity index (χ2n) is 8.56. The molecule has 2 aromatic rings. The van der Waals surface area contributed by atoms with Crippen LogP contribution in [0.1, 0.15) is 48.9 Å². The summed E-state index contributed by atoms with van der Waals surface area (Å²) in [6, 6.07) is 0. The van der Waals surface area contributed by atoms with Crippen LogP contribution in [0.4, 0.5) is 0 Å². The van der Waals surface area contributed by atoms with E-state index in [1.54, 1.807) is 0 Å².